The van der Waals surface area contributed by atoms with Crippen LogP contribution in [-0.4, -0.2) is 50.8 Å². The van der Waals surface area contributed by atoms with E-state index in [1.807, 2.05) is 0 Å². The molecule has 1 aliphatic heterocycles. The Bertz CT molecular complexity index is 197. The molecule has 3 heteroatoms. The summed E-state index contributed by atoms with van der Waals surface area (Å²) in [5.41, 5.74) is 0. The Hall–Kier alpha value is -0.120. The van der Waals surface area contributed by atoms with Gasteiger partial charge in [-0.05, 0) is 58.3 Å². The molecule has 1 atom stereocenters. The Morgan fingerprint density at radius 2 is 2.11 bits per heavy atom. The second-order valence-electron chi connectivity index (χ2n) is 5.99. The molecule has 1 fully saturated rings. The maximum Gasteiger partial charge on any atom is 0.0489 e. The SMILES string of the molecule is CC(C)COCCCNCCC1CCCCN1C. The lowest BCUT2D eigenvalue weighted by atomic mass is 10.0. The molecule has 1 saturated heterocycles. The zero-order valence-corrected chi connectivity index (χ0v) is 12.6. The van der Waals surface area contributed by atoms with Gasteiger partial charge in [-0.1, -0.05) is 20.3 Å². The van der Waals surface area contributed by atoms with Crippen LogP contribution < -0.4 is 5.32 Å². The van der Waals surface area contributed by atoms with Gasteiger partial charge in [0.1, 0.15) is 0 Å². The van der Waals surface area contributed by atoms with E-state index in [2.05, 4.69) is 31.1 Å². The normalized spacial score (nSPS) is 21.7. The number of nitrogens with one attached hydrogen (secondary N) is 1. The molecule has 0 spiro atoms. The van der Waals surface area contributed by atoms with Crippen LogP contribution in [0.3, 0.4) is 0 Å². The minimum Gasteiger partial charge on any atom is -0.381 e. The molecule has 0 aromatic heterocycles. The number of likely N-dealkylation sites (tertiary alicyclic amines) is 1. The second-order valence-corrected chi connectivity index (χ2v) is 5.99. The molecule has 0 aliphatic carbocycles. The number of hydrogen-bond acceptors (Lipinski definition) is 3. The van der Waals surface area contributed by atoms with Crippen molar-refractivity contribution in [3.05, 3.63) is 0 Å². The van der Waals surface area contributed by atoms with Gasteiger partial charge in [-0.3, -0.25) is 0 Å². The summed E-state index contributed by atoms with van der Waals surface area (Å²) in [5, 5.41) is 3.53. The fourth-order valence-corrected chi connectivity index (χ4v) is 2.52. The highest BCUT2D eigenvalue weighted by molar-refractivity contribution is 4.74. The summed E-state index contributed by atoms with van der Waals surface area (Å²) in [5.74, 6) is 0.653. The van der Waals surface area contributed by atoms with Crippen LogP contribution in [0.1, 0.15) is 46.0 Å². The number of rotatable bonds is 9. The van der Waals surface area contributed by atoms with E-state index in [0.717, 1.165) is 38.8 Å². The monoisotopic (exact) mass is 256 g/mol. The molecule has 1 heterocycles. The maximum atomic E-state index is 5.56. The van der Waals surface area contributed by atoms with Crippen LogP contribution in [-0.2, 0) is 4.74 Å². The summed E-state index contributed by atoms with van der Waals surface area (Å²) >= 11 is 0. The van der Waals surface area contributed by atoms with Crippen molar-refractivity contribution >= 4 is 0 Å². The van der Waals surface area contributed by atoms with Gasteiger partial charge in [-0.2, -0.15) is 0 Å². The minimum absolute atomic E-state index is 0.653. The molecule has 3 nitrogen and oxygen atoms in total. The van der Waals surface area contributed by atoms with Gasteiger partial charge in [-0.25, -0.2) is 0 Å². The predicted octanol–water partition coefficient (Wildman–Crippen LogP) is 2.51. The van der Waals surface area contributed by atoms with Gasteiger partial charge in [0.2, 0.25) is 0 Å². The minimum atomic E-state index is 0.653. The first-order valence-corrected chi connectivity index (χ1v) is 7.69. The third kappa shape index (κ3) is 7.34. The lowest BCUT2D eigenvalue weighted by molar-refractivity contribution is 0.107. The molecule has 108 valence electrons. The second kappa shape index (κ2) is 9.76. The van der Waals surface area contributed by atoms with Crippen molar-refractivity contribution in [1.82, 2.24) is 10.2 Å². The molecular weight excluding hydrogens is 224 g/mol. The average Bonchev–Trinajstić information content (AvgIpc) is 2.34. The highest BCUT2D eigenvalue weighted by Gasteiger charge is 2.17. The van der Waals surface area contributed by atoms with Gasteiger partial charge in [0.15, 0.2) is 0 Å². The standard InChI is InChI=1S/C15H32N2O/c1-14(2)13-18-12-6-9-16-10-8-15-7-4-5-11-17(15)3/h14-16H,4-13H2,1-3H3. The molecule has 18 heavy (non-hydrogen) atoms. The summed E-state index contributed by atoms with van der Waals surface area (Å²) in [6.45, 7) is 9.71. The highest BCUT2D eigenvalue weighted by Crippen LogP contribution is 2.16. The van der Waals surface area contributed by atoms with Crippen molar-refractivity contribution in [2.45, 2.75) is 52.0 Å². The maximum absolute atomic E-state index is 5.56. The van der Waals surface area contributed by atoms with Crippen LogP contribution >= 0.6 is 0 Å². The van der Waals surface area contributed by atoms with E-state index < -0.39 is 0 Å². The highest BCUT2D eigenvalue weighted by atomic mass is 16.5. The molecule has 0 bridgehead atoms. The molecule has 0 amide bonds. The van der Waals surface area contributed by atoms with E-state index in [1.54, 1.807) is 0 Å². The number of ether oxygens (including phenoxy) is 1. The van der Waals surface area contributed by atoms with Crippen LogP contribution in [0.25, 0.3) is 0 Å². The van der Waals surface area contributed by atoms with E-state index >= 15 is 0 Å². The molecule has 0 aromatic carbocycles. The summed E-state index contributed by atoms with van der Waals surface area (Å²) < 4.78 is 5.56. The van der Waals surface area contributed by atoms with E-state index in [0.29, 0.717) is 5.92 Å². The first kappa shape index (κ1) is 15.9. The van der Waals surface area contributed by atoms with E-state index in [4.69, 9.17) is 4.74 Å². The third-order valence-electron chi connectivity index (χ3n) is 3.67. The molecule has 0 saturated carbocycles. The first-order chi connectivity index (χ1) is 8.70. The summed E-state index contributed by atoms with van der Waals surface area (Å²) in [6.07, 6.45) is 6.61. The Morgan fingerprint density at radius 1 is 1.28 bits per heavy atom. The molecule has 0 radical (unpaired) electrons. The van der Waals surface area contributed by atoms with Crippen LogP contribution in [0.2, 0.25) is 0 Å². The molecule has 1 aliphatic rings. The van der Waals surface area contributed by atoms with Crippen molar-refractivity contribution < 1.29 is 4.74 Å². The summed E-state index contributed by atoms with van der Waals surface area (Å²) in [7, 11) is 2.27. The van der Waals surface area contributed by atoms with Crippen molar-refractivity contribution in [3.8, 4) is 0 Å². The van der Waals surface area contributed by atoms with Crippen LogP contribution in [0.4, 0.5) is 0 Å². The van der Waals surface area contributed by atoms with Gasteiger partial charge in [0.25, 0.3) is 0 Å². The molecule has 1 rings (SSSR count). The summed E-state index contributed by atoms with van der Waals surface area (Å²) in [6, 6.07) is 0.809. The lowest BCUT2D eigenvalue weighted by Gasteiger charge is -2.32. The van der Waals surface area contributed by atoms with E-state index in [9.17, 15) is 0 Å². The Labute approximate surface area is 113 Å². The average molecular weight is 256 g/mol. The van der Waals surface area contributed by atoms with Gasteiger partial charge in [0, 0.05) is 19.3 Å². The first-order valence-electron chi connectivity index (χ1n) is 7.69. The molecule has 1 N–H and O–H groups in total. The smallest absolute Gasteiger partial charge is 0.0489 e. The number of hydrogen-bond donors (Lipinski definition) is 1. The fourth-order valence-electron chi connectivity index (χ4n) is 2.52. The quantitative estimate of drug-likeness (QED) is 0.642. The molecule has 1 unspecified atom stereocenters. The third-order valence-corrected chi connectivity index (χ3v) is 3.67. The van der Waals surface area contributed by atoms with Gasteiger partial charge < -0.3 is 15.0 Å². The van der Waals surface area contributed by atoms with Crippen molar-refractivity contribution in [3.63, 3.8) is 0 Å². The van der Waals surface area contributed by atoms with Crippen molar-refractivity contribution in [2.75, 3.05) is 39.9 Å². The van der Waals surface area contributed by atoms with Gasteiger partial charge in [0.05, 0.1) is 0 Å². The van der Waals surface area contributed by atoms with Gasteiger partial charge >= 0.3 is 0 Å². The van der Waals surface area contributed by atoms with Crippen molar-refractivity contribution in [2.24, 2.45) is 5.92 Å². The topological polar surface area (TPSA) is 24.5 Å². The van der Waals surface area contributed by atoms with Crippen LogP contribution in [0.5, 0.6) is 0 Å². The lowest BCUT2D eigenvalue weighted by Crippen LogP contribution is -2.38. The zero-order chi connectivity index (χ0) is 13.2. The fraction of sp³-hybridized carbons (Fsp3) is 1.00. The summed E-state index contributed by atoms with van der Waals surface area (Å²) in [4.78, 5) is 2.52. The molecule has 0 aromatic rings. The van der Waals surface area contributed by atoms with Gasteiger partial charge in [-0.15, -0.1) is 0 Å². The van der Waals surface area contributed by atoms with E-state index in [1.165, 1.54) is 32.2 Å². The Balaban J connectivity index is 1.86. The van der Waals surface area contributed by atoms with Crippen LogP contribution in [0.15, 0.2) is 0 Å². The van der Waals surface area contributed by atoms with Crippen molar-refractivity contribution in [1.29, 1.82) is 0 Å². The number of piperidine rings is 1. The predicted molar refractivity (Wildman–Crippen MR) is 78.0 cm³/mol. The number of nitrogens with zero attached hydrogens (tertiary/aromatic N) is 1. The van der Waals surface area contributed by atoms with Crippen LogP contribution in [0, 0.1) is 5.92 Å². The Kier molecular flexibility index (Phi) is 8.64. The largest absolute Gasteiger partial charge is 0.381 e. The Morgan fingerprint density at radius 3 is 2.83 bits per heavy atom. The van der Waals surface area contributed by atoms with E-state index in [-0.39, 0.29) is 0 Å². The molecular formula is C15H32N2O. The zero-order valence-electron chi connectivity index (χ0n) is 12.6.